The van der Waals surface area contributed by atoms with Gasteiger partial charge in [0.15, 0.2) is 0 Å². The average molecular weight is 263 g/mol. The van der Waals surface area contributed by atoms with E-state index in [4.69, 9.17) is 34.8 Å². The zero-order valence-electron chi connectivity index (χ0n) is 6.58. The Kier molecular flexibility index (Phi) is 3.56. The predicted octanol–water partition coefficient (Wildman–Crippen LogP) is 4.84. The molecule has 0 saturated heterocycles. The first-order valence-corrected chi connectivity index (χ1v) is 4.71. The maximum atomic E-state index is 12.3. The SMILES string of the molecule is FC(F)(F)c1cc(Cl)cc(C(Cl)Cl)c1. The Hall–Kier alpha value is -0.120. The third kappa shape index (κ3) is 2.94. The Balaban J connectivity index is 3.21. The number of alkyl halides is 5. The summed E-state index contributed by atoms with van der Waals surface area (Å²) >= 11 is 16.4. The molecule has 6 heteroatoms. The Morgan fingerprint density at radius 3 is 2.07 bits per heavy atom. The molecule has 0 atom stereocenters. The summed E-state index contributed by atoms with van der Waals surface area (Å²) in [7, 11) is 0. The second-order valence-corrected chi connectivity index (χ2v) is 4.10. The summed E-state index contributed by atoms with van der Waals surface area (Å²) in [5.41, 5.74) is -0.723. The summed E-state index contributed by atoms with van der Waals surface area (Å²) in [6, 6.07) is 2.99. The summed E-state index contributed by atoms with van der Waals surface area (Å²) in [6.07, 6.45) is -4.44. The molecule has 0 radical (unpaired) electrons. The Labute approximate surface area is 93.6 Å². The van der Waals surface area contributed by atoms with Gasteiger partial charge in [-0.3, -0.25) is 0 Å². The second kappa shape index (κ2) is 4.17. The van der Waals surface area contributed by atoms with Crippen molar-refractivity contribution in [3.8, 4) is 0 Å². The van der Waals surface area contributed by atoms with Crippen LogP contribution >= 0.6 is 34.8 Å². The van der Waals surface area contributed by atoms with Gasteiger partial charge in [-0.1, -0.05) is 11.6 Å². The number of hydrogen-bond acceptors (Lipinski definition) is 0. The van der Waals surface area contributed by atoms with E-state index in [0.29, 0.717) is 0 Å². The van der Waals surface area contributed by atoms with E-state index in [2.05, 4.69) is 0 Å². The topological polar surface area (TPSA) is 0 Å². The maximum Gasteiger partial charge on any atom is 0.416 e. The Morgan fingerprint density at radius 2 is 1.64 bits per heavy atom. The minimum atomic E-state index is -4.44. The van der Waals surface area contributed by atoms with Gasteiger partial charge in [0.1, 0.15) is 4.84 Å². The molecule has 0 bridgehead atoms. The van der Waals surface area contributed by atoms with Crippen LogP contribution in [-0.4, -0.2) is 0 Å². The van der Waals surface area contributed by atoms with E-state index in [1.54, 1.807) is 0 Å². The molecular formula is C8H4Cl3F3. The normalized spacial score (nSPS) is 12.2. The molecule has 1 rings (SSSR count). The van der Waals surface area contributed by atoms with Crippen LogP contribution in [0.1, 0.15) is 16.0 Å². The standard InChI is InChI=1S/C8H4Cl3F3/c9-6-2-4(7(10)11)1-5(3-6)8(12,13)14/h1-3,7H. The lowest BCUT2D eigenvalue weighted by molar-refractivity contribution is -0.137. The molecule has 0 nitrogen and oxygen atoms in total. The summed E-state index contributed by atoms with van der Waals surface area (Å²) in [4.78, 5) is -1.02. The van der Waals surface area contributed by atoms with Crippen LogP contribution in [0.2, 0.25) is 5.02 Å². The predicted molar refractivity (Wildman–Crippen MR) is 50.9 cm³/mol. The summed E-state index contributed by atoms with van der Waals surface area (Å²) < 4.78 is 36.8. The highest BCUT2D eigenvalue weighted by atomic mass is 35.5. The quantitative estimate of drug-likeness (QED) is 0.636. The van der Waals surface area contributed by atoms with Gasteiger partial charge < -0.3 is 0 Å². The monoisotopic (exact) mass is 262 g/mol. The maximum absolute atomic E-state index is 12.3. The summed E-state index contributed by atoms with van der Waals surface area (Å²) in [5.74, 6) is 0. The van der Waals surface area contributed by atoms with E-state index >= 15 is 0 Å². The van der Waals surface area contributed by atoms with Gasteiger partial charge in [0.25, 0.3) is 0 Å². The molecule has 0 heterocycles. The minimum absolute atomic E-state index is 0.0406. The van der Waals surface area contributed by atoms with Crippen LogP contribution in [0, 0.1) is 0 Å². The van der Waals surface area contributed by atoms with Gasteiger partial charge in [0, 0.05) is 5.02 Å². The molecule has 0 unspecified atom stereocenters. The van der Waals surface area contributed by atoms with Gasteiger partial charge in [-0.25, -0.2) is 0 Å². The van der Waals surface area contributed by atoms with E-state index in [1.165, 1.54) is 6.07 Å². The molecule has 0 spiro atoms. The van der Waals surface area contributed by atoms with Crippen LogP contribution in [0.3, 0.4) is 0 Å². The van der Waals surface area contributed by atoms with Crippen molar-refractivity contribution in [1.82, 2.24) is 0 Å². The molecule has 0 saturated carbocycles. The van der Waals surface area contributed by atoms with E-state index < -0.39 is 16.6 Å². The van der Waals surface area contributed by atoms with Crippen LogP contribution in [-0.2, 0) is 6.18 Å². The molecule has 78 valence electrons. The van der Waals surface area contributed by atoms with Gasteiger partial charge in [-0.05, 0) is 23.8 Å². The van der Waals surface area contributed by atoms with Crippen molar-refractivity contribution in [3.05, 3.63) is 34.3 Å². The molecule has 0 aromatic heterocycles. The number of hydrogen-bond donors (Lipinski definition) is 0. The lowest BCUT2D eigenvalue weighted by Gasteiger charge is -2.10. The highest BCUT2D eigenvalue weighted by molar-refractivity contribution is 6.44. The van der Waals surface area contributed by atoms with E-state index in [-0.39, 0.29) is 10.6 Å². The van der Waals surface area contributed by atoms with Crippen molar-refractivity contribution >= 4 is 34.8 Å². The molecule has 0 aliphatic carbocycles. The first-order chi connectivity index (χ1) is 6.30. The van der Waals surface area contributed by atoms with Gasteiger partial charge in [0.2, 0.25) is 0 Å². The first kappa shape index (κ1) is 12.0. The molecule has 14 heavy (non-hydrogen) atoms. The van der Waals surface area contributed by atoms with Gasteiger partial charge in [-0.2, -0.15) is 13.2 Å². The molecule has 0 amide bonds. The molecule has 0 aliphatic heterocycles. The van der Waals surface area contributed by atoms with Crippen molar-refractivity contribution in [2.24, 2.45) is 0 Å². The lowest BCUT2D eigenvalue weighted by atomic mass is 10.1. The van der Waals surface area contributed by atoms with Crippen molar-refractivity contribution in [2.75, 3.05) is 0 Å². The molecular weight excluding hydrogens is 259 g/mol. The van der Waals surface area contributed by atoms with Crippen molar-refractivity contribution in [3.63, 3.8) is 0 Å². The van der Waals surface area contributed by atoms with Crippen LogP contribution in [0.25, 0.3) is 0 Å². The van der Waals surface area contributed by atoms with Crippen LogP contribution < -0.4 is 0 Å². The van der Waals surface area contributed by atoms with Crippen molar-refractivity contribution in [1.29, 1.82) is 0 Å². The zero-order chi connectivity index (χ0) is 10.9. The fourth-order valence-electron chi connectivity index (χ4n) is 0.902. The van der Waals surface area contributed by atoms with Gasteiger partial charge >= 0.3 is 6.18 Å². The van der Waals surface area contributed by atoms with Crippen LogP contribution in [0.5, 0.6) is 0 Å². The highest BCUT2D eigenvalue weighted by Gasteiger charge is 2.31. The van der Waals surface area contributed by atoms with Crippen LogP contribution in [0.4, 0.5) is 13.2 Å². The van der Waals surface area contributed by atoms with E-state index in [1.807, 2.05) is 0 Å². The summed E-state index contributed by atoms with van der Waals surface area (Å²) in [6.45, 7) is 0. The average Bonchev–Trinajstić information content (AvgIpc) is 2.01. The third-order valence-electron chi connectivity index (χ3n) is 1.50. The van der Waals surface area contributed by atoms with Gasteiger partial charge in [0.05, 0.1) is 5.56 Å². The molecule has 0 N–H and O–H groups in total. The number of rotatable bonds is 1. The Morgan fingerprint density at radius 1 is 1.07 bits per heavy atom. The second-order valence-electron chi connectivity index (χ2n) is 2.57. The minimum Gasteiger partial charge on any atom is -0.166 e. The van der Waals surface area contributed by atoms with Crippen molar-refractivity contribution in [2.45, 2.75) is 11.0 Å². The summed E-state index contributed by atoms with van der Waals surface area (Å²) in [5, 5.41) is -0.0406. The third-order valence-corrected chi connectivity index (χ3v) is 2.22. The lowest BCUT2D eigenvalue weighted by Crippen LogP contribution is -2.05. The highest BCUT2D eigenvalue weighted by Crippen LogP contribution is 2.35. The van der Waals surface area contributed by atoms with Crippen LogP contribution in [0.15, 0.2) is 18.2 Å². The fourth-order valence-corrected chi connectivity index (χ4v) is 1.40. The molecule has 1 aromatic carbocycles. The smallest absolute Gasteiger partial charge is 0.166 e. The largest absolute Gasteiger partial charge is 0.416 e. The van der Waals surface area contributed by atoms with E-state index in [0.717, 1.165) is 12.1 Å². The zero-order valence-corrected chi connectivity index (χ0v) is 8.84. The Bertz CT molecular complexity index is 333. The van der Waals surface area contributed by atoms with Gasteiger partial charge in [-0.15, -0.1) is 23.2 Å². The number of halogens is 6. The number of benzene rings is 1. The molecule has 1 aromatic rings. The van der Waals surface area contributed by atoms with E-state index in [9.17, 15) is 13.2 Å². The fraction of sp³-hybridized carbons (Fsp3) is 0.250. The first-order valence-electron chi connectivity index (χ1n) is 3.46. The van der Waals surface area contributed by atoms with Crippen molar-refractivity contribution < 1.29 is 13.2 Å². The molecule has 0 aliphatic rings. The molecule has 0 fully saturated rings.